The van der Waals surface area contributed by atoms with Gasteiger partial charge in [0, 0.05) is 18.0 Å². The first kappa shape index (κ1) is 12.2. The van der Waals surface area contributed by atoms with Crippen LogP contribution >= 0.6 is 0 Å². The lowest BCUT2D eigenvalue weighted by Crippen LogP contribution is -2.29. The van der Waals surface area contributed by atoms with Crippen molar-refractivity contribution in [1.82, 2.24) is 9.97 Å². The van der Waals surface area contributed by atoms with Crippen LogP contribution in [-0.4, -0.2) is 15.8 Å². The number of Topliss-reactive ketones (excluding diaryl/α,β-unsaturated/α-hetero) is 1. The van der Waals surface area contributed by atoms with E-state index in [2.05, 4.69) is 44.6 Å². The highest BCUT2D eigenvalue weighted by Crippen LogP contribution is 2.34. The molecule has 1 aromatic heterocycles. The van der Waals surface area contributed by atoms with Gasteiger partial charge in [0.2, 0.25) is 0 Å². The molecule has 1 aliphatic carbocycles. The zero-order chi connectivity index (χ0) is 12.8. The summed E-state index contributed by atoms with van der Waals surface area (Å²) in [5, 5.41) is 0. The van der Waals surface area contributed by atoms with Crippen LogP contribution in [0, 0.1) is 5.41 Å². The van der Waals surface area contributed by atoms with Gasteiger partial charge in [0.25, 0.3) is 0 Å². The van der Waals surface area contributed by atoms with Crippen molar-refractivity contribution in [3.63, 3.8) is 0 Å². The van der Waals surface area contributed by atoms with Crippen molar-refractivity contribution < 1.29 is 4.79 Å². The highest BCUT2D eigenvalue weighted by molar-refractivity contribution is 5.98. The molecular weight excluding hydrogens is 212 g/mol. The molecule has 2 rings (SSSR count). The number of aromatic nitrogens is 2. The van der Waals surface area contributed by atoms with Gasteiger partial charge in [0.05, 0.1) is 11.3 Å². The molecule has 3 heteroatoms. The van der Waals surface area contributed by atoms with Gasteiger partial charge in [-0.05, 0) is 11.8 Å². The molecule has 0 radical (unpaired) electrons. The third kappa shape index (κ3) is 2.38. The van der Waals surface area contributed by atoms with Crippen molar-refractivity contribution in [3.8, 4) is 0 Å². The Labute approximate surface area is 103 Å². The molecule has 0 unspecified atom stereocenters. The Hall–Kier alpha value is -1.25. The number of fused-ring (bicyclic) bond motifs is 1. The Morgan fingerprint density at radius 1 is 1.24 bits per heavy atom. The maximum absolute atomic E-state index is 12.0. The van der Waals surface area contributed by atoms with Crippen molar-refractivity contribution in [2.75, 3.05) is 0 Å². The van der Waals surface area contributed by atoms with E-state index in [0.717, 1.165) is 23.5 Å². The van der Waals surface area contributed by atoms with Crippen molar-refractivity contribution in [3.05, 3.63) is 23.3 Å². The van der Waals surface area contributed by atoms with E-state index in [4.69, 9.17) is 0 Å². The summed E-state index contributed by atoms with van der Waals surface area (Å²) in [6.07, 6.45) is 3.17. The Morgan fingerprint density at radius 2 is 1.88 bits per heavy atom. The van der Waals surface area contributed by atoms with Gasteiger partial charge in [0.1, 0.15) is 5.82 Å². The topological polar surface area (TPSA) is 42.9 Å². The smallest absolute Gasteiger partial charge is 0.166 e. The zero-order valence-corrected chi connectivity index (χ0v) is 11.3. The number of hydrogen-bond acceptors (Lipinski definition) is 3. The average molecular weight is 232 g/mol. The van der Waals surface area contributed by atoms with Crippen molar-refractivity contribution >= 4 is 5.78 Å². The summed E-state index contributed by atoms with van der Waals surface area (Å²) in [7, 11) is 0. The quantitative estimate of drug-likeness (QED) is 0.690. The van der Waals surface area contributed by atoms with Gasteiger partial charge in [-0.3, -0.25) is 4.79 Å². The third-order valence-corrected chi connectivity index (χ3v) is 3.12. The fraction of sp³-hybridized carbons (Fsp3) is 0.643. The molecule has 0 bridgehead atoms. The average Bonchev–Trinajstić information content (AvgIpc) is 2.13. The van der Waals surface area contributed by atoms with Gasteiger partial charge in [-0.1, -0.05) is 34.6 Å². The highest BCUT2D eigenvalue weighted by atomic mass is 16.1. The first-order chi connectivity index (χ1) is 7.69. The number of nitrogens with zero attached hydrogens (tertiary/aromatic N) is 2. The largest absolute Gasteiger partial charge is 0.294 e. The second-order valence-electron chi connectivity index (χ2n) is 6.74. The molecule has 3 nitrogen and oxygen atoms in total. The van der Waals surface area contributed by atoms with Gasteiger partial charge in [-0.25, -0.2) is 9.97 Å². The van der Waals surface area contributed by atoms with Gasteiger partial charge in [0.15, 0.2) is 5.78 Å². The minimum absolute atomic E-state index is 0.0214. The van der Waals surface area contributed by atoms with Gasteiger partial charge < -0.3 is 0 Å². The van der Waals surface area contributed by atoms with Crippen LogP contribution in [0.3, 0.4) is 0 Å². The van der Waals surface area contributed by atoms with E-state index < -0.39 is 0 Å². The number of carbonyl (C=O) groups excluding carboxylic acids is 1. The third-order valence-electron chi connectivity index (χ3n) is 3.12. The van der Waals surface area contributed by atoms with Crippen molar-refractivity contribution in [1.29, 1.82) is 0 Å². The van der Waals surface area contributed by atoms with Crippen LogP contribution in [0.1, 0.15) is 62.9 Å². The number of ketones is 1. The van der Waals surface area contributed by atoms with Crippen LogP contribution in [0.2, 0.25) is 0 Å². The SMILES string of the molecule is CC1(C)CC(=O)c2cnc(C(C)(C)C)nc2C1. The monoisotopic (exact) mass is 232 g/mol. The summed E-state index contributed by atoms with van der Waals surface area (Å²) in [5.74, 6) is 0.999. The summed E-state index contributed by atoms with van der Waals surface area (Å²) in [5.41, 5.74) is 1.59. The van der Waals surface area contributed by atoms with Crippen LogP contribution in [-0.2, 0) is 11.8 Å². The summed E-state index contributed by atoms with van der Waals surface area (Å²) in [6.45, 7) is 10.5. The molecule has 1 heterocycles. The van der Waals surface area contributed by atoms with E-state index in [1.54, 1.807) is 6.20 Å². The molecule has 92 valence electrons. The molecule has 1 aromatic rings. The van der Waals surface area contributed by atoms with Gasteiger partial charge in [-0.2, -0.15) is 0 Å². The maximum Gasteiger partial charge on any atom is 0.166 e. The molecule has 0 N–H and O–H groups in total. The normalized spacial score (nSPS) is 19.0. The molecular formula is C14H20N2O. The molecule has 0 fully saturated rings. The standard InChI is InChI=1S/C14H20N2O/c1-13(2,3)12-15-8-9-10(16-12)6-14(4,5)7-11(9)17/h8H,6-7H2,1-5H3. The van der Waals surface area contributed by atoms with Crippen LogP contribution < -0.4 is 0 Å². The lowest BCUT2D eigenvalue weighted by atomic mass is 9.76. The summed E-state index contributed by atoms with van der Waals surface area (Å²) < 4.78 is 0. The first-order valence-corrected chi connectivity index (χ1v) is 6.09. The molecule has 0 saturated carbocycles. The second kappa shape index (κ2) is 3.62. The minimum Gasteiger partial charge on any atom is -0.294 e. The molecule has 0 amide bonds. The van der Waals surface area contributed by atoms with E-state index in [1.165, 1.54) is 0 Å². The Morgan fingerprint density at radius 3 is 2.47 bits per heavy atom. The minimum atomic E-state index is -0.0698. The van der Waals surface area contributed by atoms with Crippen LogP contribution in [0.5, 0.6) is 0 Å². The fourth-order valence-electron chi connectivity index (χ4n) is 2.19. The predicted molar refractivity (Wildman–Crippen MR) is 67.2 cm³/mol. The van der Waals surface area contributed by atoms with E-state index in [1.807, 2.05) is 0 Å². The molecule has 17 heavy (non-hydrogen) atoms. The summed E-state index contributed by atoms with van der Waals surface area (Å²) >= 11 is 0. The number of hydrogen-bond donors (Lipinski definition) is 0. The molecule has 0 spiro atoms. The maximum atomic E-state index is 12.0. The summed E-state index contributed by atoms with van der Waals surface area (Å²) in [4.78, 5) is 20.9. The van der Waals surface area contributed by atoms with Crippen molar-refractivity contribution in [2.24, 2.45) is 5.41 Å². The second-order valence-corrected chi connectivity index (χ2v) is 6.74. The number of carbonyl (C=O) groups is 1. The number of rotatable bonds is 0. The Kier molecular flexibility index (Phi) is 2.60. The highest BCUT2D eigenvalue weighted by Gasteiger charge is 2.33. The molecule has 0 saturated heterocycles. The predicted octanol–water partition coefficient (Wildman–Crippen LogP) is 2.93. The van der Waals surface area contributed by atoms with E-state index in [-0.39, 0.29) is 16.6 Å². The first-order valence-electron chi connectivity index (χ1n) is 6.09. The van der Waals surface area contributed by atoms with E-state index in [0.29, 0.717) is 6.42 Å². The van der Waals surface area contributed by atoms with Crippen LogP contribution in [0.15, 0.2) is 6.20 Å². The fourth-order valence-corrected chi connectivity index (χ4v) is 2.19. The molecule has 0 atom stereocenters. The Balaban J connectivity index is 2.49. The van der Waals surface area contributed by atoms with E-state index in [9.17, 15) is 4.79 Å². The lowest BCUT2D eigenvalue weighted by Gasteiger charge is -2.30. The Bertz CT molecular complexity index is 470. The summed E-state index contributed by atoms with van der Waals surface area (Å²) in [6, 6.07) is 0. The van der Waals surface area contributed by atoms with Crippen LogP contribution in [0.25, 0.3) is 0 Å². The zero-order valence-electron chi connectivity index (χ0n) is 11.3. The molecule has 0 aliphatic heterocycles. The van der Waals surface area contributed by atoms with Gasteiger partial charge >= 0.3 is 0 Å². The molecule has 1 aliphatic rings. The van der Waals surface area contributed by atoms with Crippen molar-refractivity contribution in [2.45, 2.75) is 52.9 Å². The molecule has 0 aromatic carbocycles. The van der Waals surface area contributed by atoms with Gasteiger partial charge in [-0.15, -0.1) is 0 Å². The lowest BCUT2D eigenvalue weighted by molar-refractivity contribution is 0.0909. The van der Waals surface area contributed by atoms with E-state index >= 15 is 0 Å². The van der Waals surface area contributed by atoms with Crippen LogP contribution in [0.4, 0.5) is 0 Å².